The molecule has 7 aromatic carbocycles. The number of aryl methyl sites for hydroxylation is 2. The third-order valence-electron chi connectivity index (χ3n) is 20.3. The van der Waals surface area contributed by atoms with Crippen molar-refractivity contribution >= 4 is 85.0 Å². The number of allylic oxidation sites excluding steroid dienone is 3. The van der Waals surface area contributed by atoms with Crippen LogP contribution in [-0.2, 0) is 24.4 Å². The van der Waals surface area contributed by atoms with Gasteiger partial charge in [0.15, 0.2) is 22.8 Å². The van der Waals surface area contributed by atoms with Gasteiger partial charge in [-0.2, -0.15) is 20.5 Å². The number of aliphatic hydroxyl groups excluding tert-OH is 1. The summed E-state index contributed by atoms with van der Waals surface area (Å²) < 4.78 is 5.60. The lowest BCUT2D eigenvalue weighted by Crippen LogP contribution is -2.28. The first kappa shape index (κ1) is 71.8. The molecule has 4 amide bonds. The van der Waals surface area contributed by atoms with E-state index in [1.165, 1.54) is 19.0 Å². The Balaban J connectivity index is 0.000000131. The number of fused-ring (bicyclic) bond motifs is 4. The molecule has 0 saturated heterocycles. The predicted molar refractivity (Wildman–Crippen MR) is 419 cm³/mol. The van der Waals surface area contributed by atoms with Crippen LogP contribution in [0.2, 0.25) is 0 Å². The second-order valence-corrected chi connectivity index (χ2v) is 27.8. The molecule has 3 aliphatic rings. The molecule has 0 spiro atoms. The van der Waals surface area contributed by atoms with Crippen molar-refractivity contribution < 1.29 is 24.3 Å². The van der Waals surface area contributed by atoms with Gasteiger partial charge in [-0.15, -0.1) is 10.2 Å². The number of aromatic nitrogens is 16. The summed E-state index contributed by atoms with van der Waals surface area (Å²) >= 11 is 0. The number of aliphatic hydroxyl groups is 1. The van der Waals surface area contributed by atoms with Gasteiger partial charge in [-0.05, 0) is 109 Å². The number of nitrogen functional groups attached to an aromatic ring is 3. The molecular weight excluding hydrogens is 1390 g/mol. The highest BCUT2D eigenvalue weighted by atomic mass is 16.3. The minimum absolute atomic E-state index is 0.0371. The number of amides is 4. The maximum Gasteiger partial charge on any atom is 0.251 e. The van der Waals surface area contributed by atoms with Gasteiger partial charge in [-0.25, -0.2) is 43.9 Å². The quantitative estimate of drug-likeness (QED) is 0.0393. The van der Waals surface area contributed by atoms with Gasteiger partial charge < -0.3 is 43.2 Å². The number of hydrogen-bond donors (Lipinski definition) is 8. The van der Waals surface area contributed by atoms with Gasteiger partial charge in [0.05, 0.1) is 46.3 Å². The number of rotatable bonds is 17. The summed E-state index contributed by atoms with van der Waals surface area (Å²) in [4.78, 5) is 77.9. The van der Waals surface area contributed by atoms with Crippen LogP contribution in [0.4, 0.5) is 17.5 Å². The Labute approximate surface area is 631 Å². The van der Waals surface area contributed by atoms with Crippen LogP contribution in [0.25, 0.3) is 77.6 Å². The van der Waals surface area contributed by atoms with Crippen molar-refractivity contribution in [2.45, 2.75) is 95.7 Å². The van der Waals surface area contributed by atoms with E-state index < -0.39 is 0 Å². The lowest BCUT2D eigenvalue weighted by molar-refractivity contribution is -0.131. The van der Waals surface area contributed by atoms with Gasteiger partial charge in [-0.1, -0.05) is 169 Å². The average molecular weight is 1470 g/mol. The van der Waals surface area contributed by atoms with Crippen LogP contribution < -0.4 is 33.2 Å². The highest BCUT2D eigenvalue weighted by molar-refractivity contribution is 6.02. The van der Waals surface area contributed by atoms with Crippen molar-refractivity contribution in [3.8, 4) is 33.8 Å². The SMILES string of the molecule is Cc1ccccc1C(=O)NCc1ccc(-c2nn(C3C=CC(C(=O)N(C)C)C3)c3ncnc(N)c23)cc1.Cc1ccccc1C(=O)NCc1ccc(-c2nn(C3C=CC(c4nn[nH]n4)C3)c3ncnc(N)c23)cc1.Nc1ncnc2c1c(-c1ccc(CNC(=O)c3ccc4ccccc4c3)cc1)nn2C1CCC(O)C1. The third kappa shape index (κ3) is 15.1. The Bertz CT molecular complexity index is 5810. The Morgan fingerprint density at radius 1 is 0.500 bits per heavy atom. The molecule has 552 valence electrons. The molecule has 28 heteroatoms. The fourth-order valence-electron chi connectivity index (χ4n) is 14.4. The van der Waals surface area contributed by atoms with E-state index in [9.17, 15) is 24.3 Å². The molecular formula is C82H79N23O5. The molecule has 7 heterocycles. The molecule has 0 bridgehead atoms. The zero-order valence-corrected chi connectivity index (χ0v) is 60.7. The first-order valence-electron chi connectivity index (χ1n) is 36.2. The van der Waals surface area contributed by atoms with Crippen molar-refractivity contribution in [3.05, 3.63) is 257 Å². The summed E-state index contributed by atoms with van der Waals surface area (Å²) in [6, 6.07) is 52.3. The minimum atomic E-state index is -0.319. The molecule has 14 aromatic rings. The molecule has 1 saturated carbocycles. The Morgan fingerprint density at radius 3 is 1.43 bits per heavy atom. The minimum Gasteiger partial charge on any atom is -0.393 e. The Morgan fingerprint density at radius 2 is 0.955 bits per heavy atom. The molecule has 0 radical (unpaired) electrons. The van der Waals surface area contributed by atoms with E-state index in [0.717, 1.165) is 85.6 Å². The molecule has 3 aliphatic carbocycles. The second-order valence-electron chi connectivity index (χ2n) is 27.8. The molecule has 11 N–H and O–H groups in total. The van der Waals surface area contributed by atoms with E-state index in [1.54, 1.807) is 19.0 Å². The van der Waals surface area contributed by atoms with E-state index >= 15 is 0 Å². The van der Waals surface area contributed by atoms with Crippen molar-refractivity contribution in [2.24, 2.45) is 5.92 Å². The molecule has 1 fully saturated rings. The van der Waals surface area contributed by atoms with Crippen LogP contribution in [0.5, 0.6) is 0 Å². The number of H-pyrrole nitrogens is 1. The zero-order valence-electron chi connectivity index (χ0n) is 60.7. The standard InChI is InChI=1S/C28H29N7O2.C28H26N6O2.C26H24N10O/c1-17-6-4-5-7-22(17)27(36)30-15-18-8-10-19(11-9-18)24-23-25(29)31-16-32-26(23)35(33-24)21-13-12-20(14-21)28(37)34(2)3;29-26-24-25(33-34(27(24)32-16-31-26)22-11-12-23(35)14-22)19-7-5-17(6-8-19)15-30-28(36)21-10-9-18-3-1-2-4-20(18)13-21;1-15-4-2-3-5-20(15)26(37)28-13-16-6-8-17(9-7-16)22-21-23(27)29-14-30-25(21)36(33-22)19-11-10-18(12-19)24-31-34-35-32-24/h4-13,16,20-21H,14-15H2,1-3H3,(H,30,36)(H2,29,31,32);1-10,13,16,22-23,35H,11-12,14-15H2,(H,30,36)(H2,29,31,32);2-11,14,18-19H,12-13H2,1H3,(H,28,37)(H2,27,29,30)(H,31,32,34,35). The molecule has 28 nitrogen and oxygen atoms in total. The van der Waals surface area contributed by atoms with Crippen LogP contribution in [0.1, 0.15) is 121 Å². The van der Waals surface area contributed by atoms with Gasteiger partial charge in [-0.3, -0.25) is 19.2 Å². The summed E-state index contributed by atoms with van der Waals surface area (Å²) in [5, 5.41) is 52.3. The molecule has 0 aliphatic heterocycles. The summed E-state index contributed by atoms with van der Waals surface area (Å²) in [6.07, 6.45) is 15.7. The van der Waals surface area contributed by atoms with Crippen molar-refractivity contribution in [2.75, 3.05) is 31.3 Å². The normalized spacial score (nSPS) is 17.1. The monoisotopic (exact) mass is 1470 g/mol. The summed E-state index contributed by atoms with van der Waals surface area (Å²) in [6.45, 7) is 5.08. The molecule has 6 atom stereocenters. The second kappa shape index (κ2) is 31.4. The zero-order chi connectivity index (χ0) is 76.1. The fourth-order valence-corrected chi connectivity index (χ4v) is 14.4. The third-order valence-corrected chi connectivity index (χ3v) is 20.3. The van der Waals surface area contributed by atoms with E-state index in [4.69, 9.17) is 32.5 Å². The molecule has 17 rings (SSSR count). The highest BCUT2D eigenvalue weighted by Crippen LogP contribution is 2.41. The first-order valence-corrected chi connectivity index (χ1v) is 36.2. The number of aromatic amines is 1. The van der Waals surface area contributed by atoms with E-state index in [1.807, 2.05) is 204 Å². The first-order chi connectivity index (χ1) is 53.5. The molecule has 110 heavy (non-hydrogen) atoms. The van der Waals surface area contributed by atoms with E-state index in [0.29, 0.717) is 112 Å². The van der Waals surface area contributed by atoms with E-state index in [2.05, 4.69) is 78.6 Å². The maximum absolute atomic E-state index is 12.7. The smallest absolute Gasteiger partial charge is 0.251 e. The van der Waals surface area contributed by atoms with Crippen LogP contribution in [0.3, 0.4) is 0 Å². The van der Waals surface area contributed by atoms with Crippen molar-refractivity contribution in [1.82, 2.24) is 101 Å². The number of nitrogens with one attached hydrogen (secondary N) is 4. The summed E-state index contributed by atoms with van der Waals surface area (Å²) in [5.74, 6) is 1.35. The van der Waals surface area contributed by atoms with Gasteiger partial charge in [0.25, 0.3) is 17.7 Å². The summed E-state index contributed by atoms with van der Waals surface area (Å²) in [7, 11) is 3.52. The lowest BCUT2D eigenvalue weighted by atomic mass is 10.1. The largest absolute Gasteiger partial charge is 0.393 e. The molecule has 7 aromatic heterocycles. The van der Waals surface area contributed by atoms with Gasteiger partial charge >= 0.3 is 0 Å². The number of benzene rings is 7. The average Bonchev–Trinajstić information content (AvgIpc) is 1.62. The number of hydrogen-bond acceptors (Lipinski definition) is 20. The Hall–Kier alpha value is -13.8. The topological polar surface area (TPSA) is 391 Å². The van der Waals surface area contributed by atoms with Crippen LogP contribution >= 0.6 is 0 Å². The lowest BCUT2D eigenvalue weighted by Gasteiger charge is -2.16. The van der Waals surface area contributed by atoms with Crippen LogP contribution in [0, 0.1) is 19.8 Å². The molecule has 6 unspecified atom stereocenters. The number of carbonyl (C=O) groups is 4. The number of anilines is 3. The number of tetrazole rings is 1. The number of nitrogens with zero attached hydrogens (tertiary/aromatic N) is 16. The fraction of sp³-hybridized carbons (Fsp3) is 0.220. The highest BCUT2D eigenvalue weighted by Gasteiger charge is 2.33. The van der Waals surface area contributed by atoms with Crippen molar-refractivity contribution in [1.29, 1.82) is 0 Å². The number of carbonyl (C=O) groups excluding carboxylic acids is 4. The maximum atomic E-state index is 12.7. The van der Waals surface area contributed by atoms with Gasteiger partial charge in [0.2, 0.25) is 5.91 Å². The van der Waals surface area contributed by atoms with Gasteiger partial charge in [0.1, 0.15) is 53.5 Å². The Kier molecular flexibility index (Phi) is 20.5. The van der Waals surface area contributed by atoms with Crippen LogP contribution in [-0.4, -0.2) is 134 Å². The summed E-state index contributed by atoms with van der Waals surface area (Å²) in [5.41, 5.74) is 32.3. The number of nitrogens with two attached hydrogens (primary N) is 3. The van der Waals surface area contributed by atoms with Crippen molar-refractivity contribution in [3.63, 3.8) is 0 Å². The predicted octanol–water partition coefficient (Wildman–Crippen LogP) is 10.9. The van der Waals surface area contributed by atoms with Crippen LogP contribution in [0.15, 0.2) is 207 Å². The van der Waals surface area contributed by atoms with Gasteiger partial charge in [0, 0.05) is 73.0 Å². The van der Waals surface area contributed by atoms with E-state index in [-0.39, 0.29) is 59.7 Å².